The van der Waals surface area contributed by atoms with Crippen molar-refractivity contribution in [1.82, 2.24) is 9.55 Å². The second kappa shape index (κ2) is 15.4. The number of hydrogen-bond acceptors (Lipinski definition) is 1. The van der Waals surface area contributed by atoms with E-state index in [1.807, 2.05) is 0 Å². The van der Waals surface area contributed by atoms with Crippen LogP contribution in [0.2, 0.25) is 0 Å². The quantitative estimate of drug-likeness (QED) is 0.139. The molecule has 0 fully saturated rings. The predicted molar refractivity (Wildman–Crippen MR) is 269 cm³/mol. The van der Waals surface area contributed by atoms with Crippen molar-refractivity contribution in [2.75, 3.05) is 0 Å². The van der Waals surface area contributed by atoms with Crippen LogP contribution in [0, 0.1) is 0 Å². The highest BCUT2D eigenvalue weighted by atomic mass is 32.3. The van der Waals surface area contributed by atoms with E-state index in [1.54, 1.807) is 0 Å². The average molecular weight is 839 g/mol. The fourth-order valence-corrected chi connectivity index (χ4v) is 14.7. The summed E-state index contributed by atoms with van der Waals surface area (Å²) in [5, 5.41) is 4.94. The number of aromatic nitrogens is 2. The molecule has 0 unspecified atom stereocenters. The van der Waals surface area contributed by atoms with Crippen LogP contribution in [0.3, 0.4) is 0 Å². The SMILES string of the molecule is CC(C)c1nc2ccccc2n1-c1ccccc1-c1c2ccccc2c(-c2ccc(S(c3ccccc3)(c3ccccc3)c3cccc4c3Cc3ccccc3-4)cc2)c2ccccc12. The van der Waals surface area contributed by atoms with Gasteiger partial charge in [0.15, 0.2) is 0 Å². The van der Waals surface area contributed by atoms with Crippen LogP contribution in [-0.2, 0) is 6.42 Å². The van der Waals surface area contributed by atoms with E-state index < -0.39 is 10.0 Å². The van der Waals surface area contributed by atoms with Gasteiger partial charge >= 0.3 is 0 Å². The first-order valence-electron chi connectivity index (χ1n) is 22.4. The summed E-state index contributed by atoms with van der Waals surface area (Å²) in [4.78, 5) is 10.6. The van der Waals surface area contributed by atoms with Gasteiger partial charge in [-0.25, -0.2) is 4.98 Å². The van der Waals surface area contributed by atoms with Crippen molar-refractivity contribution < 1.29 is 0 Å². The van der Waals surface area contributed by atoms with Gasteiger partial charge in [-0.2, -0.15) is 0 Å². The maximum Gasteiger partial charge on any atom is 0.117 e. The zero-order valence-electron chi connectivity index (χ0n) is 35.9. The highest BCUT2D eigenvalue weighted by Crippen LogP contribution is 2.75. The van der Waals surface area contributed by atoms with Crippen LogP contribution in [0.4, 0.5) is 0 Å². The van der Waals surface area contributed by atoms with Crippen molar-refractivity contribution in [3.05, 3.63) is 241 Å². The molecule has 0 amide bonds. The van der Waals surface area contributed by atoms with Gasteiger partial charge in [-0.1, -0.05) is 178 Å². The molecule has 0 saturated carbocycles. The van der Waals surface area contributed by atoms with Crippen molar-refractivity contribution in [3.8, 4) is 39.1 Å². The third-order valence-electron chi connectivity index (χ3n) is 13.3. The van der Waals surface area contributed by atoms with Crippen molar-refractivity contribution >= 4 is 42.6 Å². The van der Waals surface area contributed by atoms with Gasteiger partial charge < -0.3 is 0 Å². The van der Waals surface area contributed by atoms with Gasteiger partial charge in [-0.3, -0.25) is 4.57 Å². The lowest BCUT2D eigenvalue weighted by molar-refractivity contribution is 0.760. The Kier molecular flexibility index (Phi) is 9.21. The molecule has 0 radical (unpaired) electrons. The van der Waals surface area contributed by atoms with Crippen molar-refractivity contribution in [1.29, 1.82) is 0 Å². The summed E-state index contributed by atoms with van der Waals surface area (Å²) in [6, 6.07) is 83.7. The van der Waals surface area contributed by atoms with E-state index in [-0.39, 0.29) is 5.92 Å². The number of benzene rings is 10. The van der Waals surface area contributed by atoms with Crippen LogP contribution in [0.25, 0.3) is 71.6 Å². The largest absolute Gasteiger partial charge is 0.295 e. The molecule has 2 nitrogen and oxygen atoms in total. The van der Waals surface area contributed by atoms with Crippen LogP contribution in [-0.4, -0.2) is 9.55 Å². The van der Waals surface area contributed by atoms with Gasteiger partial charge in [-0.15, -0.1) is 10.0 Å². The first kappa shape index (κ1) is 38.2. The van der Waals surface area contributed by atoms with E-state index in [0.717, 1.165) is 29.0 Å². The molecule has 1 aliphatic rings. The Bertz CT molecular complexity index is 3450. The molecule has 3 heteroatoms. The van der Waals surface area contributed by atoms with Gasteiger partial charge in [0.05, 0.1) is 16.7 Å². The molecule has 0 saturated heterocycles. The number of rotatable bonds is 8. The second-order valence-corrected chi connectivity index (χ2v) is 20.3. The lowest BCUT2D eigenvalue weighted by Crippen LogP contribution is -2.07. The van der Waals surface area contributed by atoms with Gasteiger partial charge in [0.25, 0.3) is 0 Å². The van der Waals surface area contributed by atoms with E-state index in [1.165, 1.54) is 85.6 Å². The summed E-state index contributed by atoms with van der Waals surface area (Å²) < 4.78 is 2.39. The molecule has 0 aliphatic heterocycles. The Morgan fingerprint density at radius 1 is 0.438 bits per heavy atom. The molecule has 1 heterocycles. The van der Waals surface area contributed by atoms with Gasteiger partial charge in [0, 0.05) is 31.1 Å². The molecule has 1 aromatic heterocycles. The van der Waals surface area contributed by atoms with E-state index >= 15 is 0 Å². The van der Waals surface area contributed by atoms with E-state index in [9.17, 15) is 0 Å². The Hall–Kier alpha value is -7.46. The summed E-state index contributed by atoms with van der Waals surface area (Å²) >= 11 is 0. The number of para-hydroxylation sites is 3. The van der Waals surface area contributed by atoms with Crippen molar-refractivity contribution in [3.63, 3.8) is 0 Å². The fourth-order valence-electron chi connectivity index (χ4n) is 10.6. The Morgan fingerprint density at radius 3 is 1.61 bits per heavy atom. The number of hydrogen-bond donors (Lipinski definition) is 0. The first-order valence-corrected chi connectivity index (χ1v) is 24.0. The van der Waals surface area contributed by atoms with E-state index in [2.05, 4.69) is 243 Å². The smallest absolute Gasteiger partial charge is 0.117 e. The molecule has 12 rings (SSSR count). The fraction of sp³-hybridized carbons (Fsp3) is 0.0656. The topological polar surface area (TPSA) is 17.8 Å². The molecule has 0 N–H and O–H groups in total. The maximum atomic E-state index is 5.17. The summed E-state index contributed by atoms with van der Waals surface area (Å²) in [7, 11) is -1.94. The lowest BCUT2D eigenvalue weighted by atomic mass is 9.85. The molecular weight excluding hydrogens is 793 g/mol. The van der Waals surface area contributed by atoms with E-state index in [4.69, 9.17) is 4.98 Å². The summed E-state index contributed by atoms with van der Waals surface area (Å²) in [5.74, 6) is 1.30. The highest BCUT2D eigenvalue weighted by molar-refractivity contribution is 8.34. The minimum Gasteiger partial charge on any atom is -0.295 e. The van der Waals surface area contributed by atoms with Gasteiger partial charge in [0.1, 0.15) is 5.82 Å². The summed E-state index contributed by atoms with van der Waals surface area (Å²) in [6.07, 6.45) is 0.928. The Labute approximate surface area is 376 Å². The molecule has 1 aliphatic carbocycles. The third kappa shape index (κ3) is 5.85. The van der Waals surface area contributed by atoms with Gasteiger partial charge in [0.2, 0.25) is 0 Å². The predicted octanol–water partition coefficient (Wildman–Crippen LogP) is 16.7. The number of fused-ring (bicyclic) bond motifs is 6. The molecular formula is C61H46N2S. The second-order valence-electron chi connectivity index (χ2n) is 17.2. The lowest BCUT2D eigenvalue weighted by Gasteiger charge is -2.43. The molecule has 0 bridgehead atoms. The van der Waals surface area contributed by atoms with Crippen LogP contribution >= 0.6 is 10.0 Å². The summed E-state index contributed by atoms with van der Waals surface area (Å²) in [6.45, 7) is 4.48. The van der Waals surface area contributed by atoms with E-state index in [0.29, 0.717) is 0 Å². The minimum absolute atomic E-state index is 0.239. The first-order chi connectivity index (χ1) is 31.6. The van der Waals surface area contributed by atoms with Crippen molar-refractivity contribution in [2.45, 2.75) is 45.8 Å². The van der Waals surface area contributed by atoms with Crippen molar-refractivity contribution in [2.24, 2.45) is 0 Å². The Balaban J connectivity index is 1.09. The standard InChI is InChI=1S/C61H46N2S/c1-41(2)61-62-55-32-16-18-34-57(55)63(61)56-33-17-15-30-53(56)60-51-28-13-11-26-49(51)59(50-27-12-14-29-52(50)60)42-36-38-46(39-37-42)64(44-21-5-3-6-22-44,45-23-7-4-8-24-45)58-35-19-31-48-47-25-10-9-20-43(47)40-54(48)58/h3-39,41H,40H2,1-2H3. The van der Waals surface area contributed by atoms with Crippen LogP contribution < -0.4 is 0 Å². The molecule has 64 heavy (non-hydrogen) atoms. The molecule has 0 spiro atoms. The summed E-state index contributed by atoms with van der Waals surface area (Å²) in [5.41, 5.74) is 13.7. The molecule has 306 valence electrons. The molecule has 0 atom stereocenters. The monoisotopic (exact) mass is 838 g/mol. The zero-order valence-corrected chi connectivity index (χ0v) is 36.8. The molecule has 11 aromatic rings. The maximum absolute atomic E-state index is 5.17. The highest BCUT2D eigenvalue weighted by Gasteiger charge is 2.37. The third-order valence-corrected chi connectivity index (χ3v) is 17.3. The molecule has 10 aromatic carbocycles. The van der Waals surface area contributed by atoms with Crippen LogP contribution in [0.15, 0.2) is 244 Å². The average Bonchev–Trinajstić information content (AvgIpc) is 3.94. The minimum atomic E-state index is -1.94. The normalized spacial score (nSPS) is 12.5. The van der Waals surface area contributed by atoms with Crippen LogP contribution in [0.1, 0.15) is 36.7 Å². The van der Waals surface area contributed by atoms with Crippen LogP contribution in [0.5, 0.6) is 0 Å². The zero-order chi connectivity index (χ0) is 42.8. The van der Waals surface area contributed by atoms with Gasteiger partial charge in [-0.05, 0) is 128 Å². The Morgan fingerprint density at radius 2 is 0.953 bits per heavy atom. The number of imidazole rings is 1. The number of nitrogens with zero attached hydrogens (tertiary/aromatic N) is 2.